The molecular formula is C12H10N4O6S2. The van der Waals surface area contributed by atoms with Gasteiger partial charge in [-0.1, -0.05) is 34.6 Å². The van der Waals surface area contributed by atoms with Gasteiger partial charge < -0.3 is 0 Å². The summed E-state index contributed by atoms with van der Waals surface area (Å²) in [7, 11) is -7.72. The van der Waals surface area contributed by atoms with Gasteiger partial charge >= 0.3 is 20.2 Å². The van der Waals surface area contributed by atoms with Crippen LogP contribution in [0.25, 0.3) is 0 Å². The molecule has 0 bridgehead atoms. The first-order chi connectivity index (χ1) is 11.1. The average molecular weight is 370 g/mol. The smallest absolute Gasteiger partial charge is 0.267 e. The Balaban J connectivity index is 3.12. The van der Waals surface area contributed by atoms with Crippen molar-refractivity contribution in [1.29, 1.82) is 10.5 Å². The number of nitriles is 2. The zero-order valence-electron chi connectivity index (χ0n) is 12.4. The van der Waals surface area contributed by atoms with Crippen molar-refractivity contribution in [2.75, 3.05) is 12.5 Å². The van der Waals surface area contributed by atoms with Crippen LogP contribution in [0.4, 0.5) is 0 Å². The van der Waals surface area contributed by atoms with E-state index >= 15 is 0 Å². The minimum Gasteiger partial charge on any atom is -0.267 e. The van der Waals surface area contributed by atoms with Crippen LogP contribution in [-0.2, 0) is 28.8 Å². The summed E-state index contributed by atoms with van der Waals surface area (Å²) in [5.74, 6) is 0. The first-order valence-corrected chi connectivity index (χ1v) is 9.53. The van der Waals surface area contributed by atoms with E-state index in [0.717, 1.165) is 12.5 Å². The molecule has 0 unspecified atom stereocenters. The summed E-state index contributed by atoms with van der Waals surface area (Å²) in [5, 5.41) is 24.3. The van der Waals surface area contributed by atoms with Crippen molar-refractivity contribution in [2.24, 2.45) is 10.3 Å². The number of oxime groups is 2. The fourth-order valence-corrected chi connectivity index (χ4v) is 1.69. The highest BCUT2D eigenvalue weighted by molar-refractivity contribution is 7.86. The van der Waals surface area contributed by atoms with Crippen LogP contribution < -0.4 is 0 Å². The van der Waals surface area contributed by atoms with E-state index in [1.165, 1.54) is 24.3 Å². The molecule has 24 heavy (non-hydrogen) atoms. The van der Waals surface area contributed by atoms with Crippen LogP contribution in [0, 0.1) is 22.7 Å². The van der Waals surface area contributed by atoms with Crippen LogP contribution in [-0.4, -0.2) is 40.8 Å². The molecule has 0 spiro atoms. The van der Waals surface area contributed by atoms with Gasteiger partial charge in [-0.25, -0.2) is 0 Å². The highest BCUT2D eigenvalue weighted by Gasteiger charge is 2.10. The molecule has 0 heterocycles. The maximum atomic E-state index is 10.9. The predicted octanol–water partition coefficient (Wildman–Crippen LogP) is 0.0944. The molecule has 0 aliphatic carbocycles. The lowest BCUT2D eigenvalue weighted by Gasteiger charge is -2.01. The normalized spacial score (nSPS) is 12.8. The number of rotatable bonds is 6. The third kappa shape index (κ3) is 6.43. The fourth-order valence-electron chi connectivity index (χ4n) is 1.27. The minimum absolute atomic E-state index is 0.214. The van der Waals surface area contributed by atoms with Gasteiger partial charge in [0.2, 0.25) is 0 Å². The SMILES string of the molecule is CS(=O)(=O)O/N=C(\C#N)c1ccc(/C(C#N)=N/OS(C)(=O)=O)cc1. The van der Waals surface area contributed by atoms with Gasteiger partial charge in [0, 0.05) is 11.1 Å². The minimum atomic E-state index is -3.86. The largest absolute Gasteiger partial charge is 0.325 e. The van der Waals surface area contributed by atoms with Crippen molar-refractivity contribution in [3.8, 4) is 12.1 Å². The Morgan fingerprint density at radius 2 is 1.12 bits per heavy atom. The number of nitrogens with zero attached hydrogens (tertiary/aromatic N) is 4. The molecule has 0 N–H and O–H groups in total. The molecule has 0 saturated carbocycles. The zero-order chi connectivity index (χ0) is 18.4. The van der Waals surface area contributed by atoms with Crippen LogP contribution in [0.2, 0.25) is 0 Å². The van der Waals surface area contributed by atoms with Gasteiger partial charge in [0.25, 0.3) is 0 Å². The average Bonchev–Trinajstić information content (AvgIpc) is 2.47. The Morgan fingerprint density at radius 1 is 0.833 bits per heavy atom. The molecule has 0 atom stereocenters. The molecule has 0 radical (unpaired) electrons. The summed E-state index contributed by atoms with van der Waals surface area (Å²) >= 11 is 0. The molecule has 0 aromatic heterocycles. The van der Waals surface area contributed by atoms with E-state index in [4.69, 9.17) is 10.5 Å². The molecule has 1 aromatic carbocycles. The molecule has 10 nitrogen and oxygen atoms in total. The topological polar surface area (TPSA) is 159 Å². The van der Waals surface area contributed by atoms with Crippen LogP contribution in [0.3, 0.4) is 0 Å². The number of benzene rings is 1. The molecule has 0 amide bonds. The summed E-state index contributed by atoms with van der Waals surface area (Å²) in [5.41, 5.74) is -0.193. The van der Waals surface area contributed by atoms with Crippen LogP contribution in [0.5, 0.6) is 0 Å². The van der Waals surface area contributed by atoms with E-state index in [1.807, 2.05) is 0 Å². The highest BCUT2D eigenvalue weighted by Crippen LogP contribution is 2.09. The molecule has 1 rings (SSSR count). The van der Waals surface area contributed by atoms with Crippen molar-refractivity contribution >= 4 is 31.7 Å². The Hall–Kier alpha value is -2.96. The zero-order valence-corrected chi connectivity index (χ0v) is 14.0. The van der Waals surface area contributed by atoms with E-state index in [9.17, 15) is 16.8 Å². The summed E-state index contributed by atoms with van der Waals surface area (Å²) in [6.45, 7) is 0. The summed E-state index contributed by atoms with van der Waals surface area (Å²) < 4.78 is 51.8. The maximum absolute atomic E-state index is 10.9. The van der Waals surface area contributed by atoms with Gasteiger partial charge in [0.05, 0.1) is 12.5 Å². The molecule has 0 aliphatic heterocycles. The quantitative estimate of drug-likeness (QED) is 0.503. The Kier molecular flexibility index (Phi) is 6.00. The standard InChI is InChI=1S/C12H10N4O6S2/c1-23(17,18)21-15-11(7-13)9-3-5-10(6-4-9)12(8-14)16-22-24(2,19)20/h3-6H,1-2H3/b15-11+,16-12+. The second kappa shape index (κ2) is 7.54. The lowest BCUT2D eigenvalue weighted by atomic mass is 10.1. The van der Waals surface area contributed by atoms with Crippen molar-refractivity contribution in [2.45, 2.75) is 0 Å². The maximum Gasteiger partial charge on any atom is 0.325 e. The molecular weight excluding hydrogens is 360 g/mol. The molecule has 126 valence electrons. The first kappa shape index (κ1) is 19.1. The molecule has 1 aromatic rings. The first-order valence-electron chi connectivity index (χ1n) is 5.90. The summed E-state index contributed by atoms with van der Waals surface area (Å²) in [4.78, 5) is 0. The van der Waals surface area contributed by atoms with E-state index in [1.54, 1.807) is 12.1 Å². The van der Waals surface area contributed by atoms with Crippen molar-refractivity contribution < 1.29 is 25.4 Å². The summed E-state index contributed by atoms with van der Waals surface area (Å²) in [6.07, 6.45) is 1.54. The molecule has 12 heteroatoms. The van der Waals surface area contributed by atoms with Gasteiger partial charge in [-0.3, -0.25) is 8.57 Å². The van der Waals surface area contributed by atoms with Crippen molar-refractivity contribution in [3.05, 3.63) is 35.4 Å². The van der Waals surface area contributed by atoms with Gasteiger partial charge in [0.1, 0.15) is 12.1 Å². The Labute approximate surface area is 138 Å². The van der Waals surface area contributed by atoms with E-state index in [2.05, 4.69) is 18.9 Å². The number of hydrogen-bond acceptors (Lipinski definition) is 10. The van der Waals surface area contributed by atoms with E-state index < -0.39 is 20.2 Å². The lowest BCUT2D eigenvalue weighted by molar-refractivity contribution is 0.343. The second-order valence-electron chi connectivity index (χ2n) is 4.24. The van der Waals surface area contributed by atoms with Gasteiger partial charge in [-0.05, 0) is 0 Å². The van der Waals surface area contributed by atoms with Gasteiger partial charge in [-0.2, -0.15) is 27.4 Å². The van der Waals surface area contributed by atoms with Crippen LogP contribution in [0.1, 0.15) is 11.1 Å². The van der Waals surface area contributed by atoms with Crippen molar-refractivity contribution in [1.82, 2.24) is 0 Å². The van der Waals surface area contributed by atoms with E-state index in [0.29, 0.717) is 0 Å². The molecule has 0 aliphatic rings. The lowest BCUT2D eigenvalue weighted by Crippen LogP contribution is -2.05. The van der Waals surface area contributed by atoms with Gasteiger partial charge in [-0.15, -0.1) is 0 Å². The molecule has 0 saturated heterocycles. The molecule has 0 fully saturated rings. The Morgan fingerprint density at radius 3 is 1.33 bits per heavy atom. The van der Waals surface area contributed by atoms with Gasteiger partial charge in [0.15, 0.2) is 11.4 Å². The van der Waals surface area contributed by atoms with Crippen LogP contribution in [0.15, 0.2) is 34.6 Å². The third-order valence-electron chi connectivity index (χ3n) is 2.17. The number of hydrogen-bond donors (Lipinski definition) is 0. The highest BCUT2D eigenvalue weighted by atomic mass is 32.2. The Bertz CT molecular complexity index is 883. The van der Waals surface area contributed by atoms with Crippen LogP contribution >= 0.6 is 0 Å². The summed E-state index contributed by atoms with van der Waals surface area (Å²) in [6, 6.07) is 8.69. The van der Waals surface area contributed by atoms with E-state index in [-0.39, 0.29) is 22.6 Å². The predicted molar refractivity (Wildman–Crippen MR) is 82.6 cm³/mol. The second-order valence-corrected chi connectivity index (χ2v) is 7.35. The fraction of sp³-hybridized carbons (Fsp3) is 0.167. The van der Waals surface area contributed by atoms with Crippen molar-refractivity contribution in [3.63, 3.8) is 0 Å². The monoisotopic (exact) mass is 370 g/mol. The third-order valence-corrected chi connectivity index (χ3v) is 2.86.